The van der Waals surface area contributed by atoms with Crippen molar-refractivity contribution in [3.05, 3.63) is 35.9 Å². The Hall–Kier alpha value is -2.28. The van der Waals surface area contributed by atoms with Gasteiger partial charge in [-0.3, -0.25) is 0 Å². The molecule has 0 unspecified atom stereocenters. The highest BCUT2D eigenvalue weighted by atomic mass is 16.6. The van der Waals surface area contributed by atoms with Gasteiger partial charge in [0.05, 0.1) is 30.9 Å². The van der Waals surface area contributed by atoms with Crippen LogP contribution in [0.25, 0.3) is 0 Å². The van der Waals surface area contributed by atoms with E-state index in [1.807, 2.05) is 11.8 Å². The van der Waals surface area contributed by atoms with E-state index in [0.29, 0.717) is 38.6 Å². The van der Waals surface area contributed by atoms with E-state index in [4.69, 9.17) is 9.47 Å². The van der Waals surface area contributed by atoms with Crippen LogP contribution in [0.3, 0.4) is 0 Å². The highest BCUT2D eigenvalue weighted by molar-refractivity contribution is 5.75. The first-order valence-electron chi connectivity index (χ1n) is 11.8. The van der Waals surface area contributed by atoms with Crippen molar-refractivity contribution >= 4 is 12.1 Å². The van der Waals surface area contributed by atoms with Gasteiger partial charge in [0.1, 0.15) is 0 Å². The second kappa shape index (κ2) is 9.90. The van der Waals surface area contributed by atoms with E-state index in [1.54, 1.807) is 0 Å². The fraction of sp³-hybridized carbons (Fsp3) is 0.667. The first-order chi connectivity index (χ1) is 15.1. The van der Waals surface area contributed by atoms with Crippen LogP contribution in [-0.2, 0) is 9.47 Å². The van der Waals surface area contributed by atoms with Crippen LogP contribution in [0.15, 0.2) is 30.3 Å². The van der Waals surface area contributed by atoms with Gasteiger partial charge in [-0.25, -0.2) is 9.59 Å². The number of benzene rings is 1. The summed E-state index contributed by atoms with van der Waals surface area (Å²) in [6, 6.07) is 10.5. The van der Waals surface area contributed by atoms with Crippen LogP contribution in [0.1, 0.15) is 63.4 Å². The van der Waals surface area contributed by atoms with Gasteiger partial charge in [-0.15, -0.1) is 0 Å². The molecule has 3 aliphatic rings. The van der Waals surface area contributed by atoms with E-state index in [1.165, 1.54) is 5.56 Å². The summed E-state index contributed by atoms with van der Waals surface area (Å²) in [4.78, 5) is 26.7. The number of alkyl carbamates (subject to hydrolysis) is 1. The minimum atomic E-state index is -0.472. The topological polar surface area (TPSA) is 79.9 Å². The molecule has 0 aromatic heterocycles. The molecule has 3 amide bonds. The third-order valence-electron chi connectivity index (χ3n) is 7.19. The molecular weight excluding hydrogens is 394 g/mol. The van der Waals surface area contributed by atoms with E-state index < -0.39 is 11.6 Å². The maximum absolute atomic E-state index is 12.8. The molecule has 0 bridgehead atoms. The highest BCUT2D eigenvalue weighted by Gasteiger charge is 2.49. The Morgan fingerprint density at radius 3 is 2.71 bits per heavy atom. The van der Waals surface area contributed by atoms with Crippen LogP contribution < -0.4 is 10.6 Å². The van der Waals surface area contributed by atoms with Crippen LogP contribution in [-0.4, -0.2) is 61.0 Å². The maximum atomic E-state index is 12.8. The van der Waals surface area contributed by atoms with Crippen LogP contribution in [0.2, 0.25) is 0 Å². The summed E-state index contributed by atoms with van der Waals surface area (Å²) in [6.45, 7) is 4.00. The Morgan fingerprint density at radius 1 is 1.23 bits per heavy atom. The van der Waals surface area contributed by atoms with Gasteiger partial charge in [0, 0.05) is 19.5 Å². The minimum absolute atomic E-state index is 0.0799. The predicted octanol–water partition coefficient (Wildman–Crippen LogP) is 3.79. The van der Waals surface area contributed by atoms with E-state index in [2.05, 4.69) is 41.0 Å². The predicted molar refractivity (Wildman–Crippen MR) is 118 cm³/mol. The minimum Gasteiger partial charge on any atom is -0.449 e. The summed E-state index contributed by atoms with van der Waals surface area (Å²) in [5.41, 5.74) is 0.944. The zero-order valence-corrected chi connectivity index (χ0v) is 18.5. The average molecular weight is 430 g/mol. The number of piperidine rings is 1. The molecule has 0 radical (unpaired) electrons. The first kappa shape index (κ1) is 21.9. The van der Waals surface area contributed by atoms with Crippen molar-refractivity contribution in [3.63, 3.8) is 0 Å². The normalized spacial score (nSPS) is 31.1. The molecule has 2 saturated heterocycles. The standard InChI is InChI=1S/C24H35N3O4/c1-2-25-22(28)27-15-6-13-24(14-16-30-23(29)26-24)21(27)17-31-20-11-9-19(10-12-20)18-7-4-3-5-8-18/h3-5,7-8,19-21H,2,6,9-17H2,1H3,(H,25,28)(H,26,29)/t19?,20?,21-,24+/m0/s1. The number of carbonyl (C=O) groups is 2. The molecule has 7 heteroatoms. The van der Waals surface area contributed by atoms with Crippen LogP contribution in [0, 0.1) is 0 Å². The Bertz CT molecular complexity index is 746. The molecule has 2 N–H and O–H groups in total. The summed E-state index contributed by atoms with van der Waals surface area (Å²) in [7, 11) is 0. The van der Waals surface area contributed by atoms with Crippen LogP contribution in [0.5, 0.6) is 0 Å². The molecule has 2 aliphatic heterocycles. The number of nitrogens with zero attached hydrogens (tertiary/aromatic N) is 1. The van der Waals surface area contributed by atoms with Gasteiger partial charge < -0.3 is 25.0 Å². The van der Waals surface area contributed by atoms with Gasteiger partial charge in [-0.2, -0.15) is 0 Å². The number of rotatable bonds is 5. The number of carbonyl (C=O) groups excluding carboxylic acids is 2. The molecule has 2 atom stereocenters. The first-order valence-corrected chi connectivity index (χ1v) is 11.8. The molecule has 1 aliphatic carbocycles. The van der Waals surface area contributed by atoms with Crippen molar-refractivity contribution in [2.24, 2.45) is 0 Å². The molecule has 3 fully saturated rings. The molecule has 31 heavy (non-hydrogen) atoms. The van der Waals surface area contributed by atoms with Crippen molar-refractivity contribution in [2.75, 3.05) is 26.3 Å². The van der Waals surface area contributed by atoms with E-state index in [9.17, 15) is 9.59 Å². The Balaban J connectivity index is 1.40. The second-order valence-corrected chi connectivity index (χ2v) is 9.03. The molecule has 1 aromatic carbocycles. The maximum Gasteiger partial charge on any atom is 0.407 e. The number of nitrogens with one attached hydrogen (secondary N) is 2. The van der Waals surface area contributed by atoms with E-state index in [-0.39, 0.29) is 18.2 Å². The number of amides is 3. The van der Waals surface area contributed by atoms with Gasteiger partial charge >= 0.3 is 12.1 Å². The largest absolute Gasteiger partial charge is 0.449 e. The van der Waals surface area contributed by atoms with Crippen molar-refractivity contribution in [3.8, 4) is 0 Å². The monoisotopic (exact) mass is 429 g/mol. The van der Waals surface area contributed by atoms with Crippen LogP contribution in [0.4, 0.5) is 9.59 Å². The van der Waals surface area contributed by atoms with Gasteiger partial charge in [0.25, 0.3) is 0 Å². The SMILES string of the molecule is CCNC(=O)N1CCC[C@@]2(CCOC(=O)N2)[C@@H]1COC1CCC(c2ccccc2)CC1. The van der Waals surface area contributed by atoms with Gasteiger partial charge in [0.15, 0.2) is 0 Å². The molecule has 1 spiro atoms. The molecular formula is C24H35N3O4. The zero-order valence-electron chi connectivity index (χ0n) is 18.5. The summed E-state index contributed by atoms with van der Waals surface area (Å²) in [5, 5.41) is 5.99. The lowest BCUT2D eigenvalue weighted by Crippen LogP contribution is -2.70. The fourth-order valence-corrected chi connectivity index (χ4v) is 5.51. The molecule has 7 nitrogen and oxygen atoms in total. The van der Waals surface area contributed by atoms with Crippen molar-refractivity contribution in [1.29, 1.82) is 0 Å². The fourth-order valence-electron chi connectivity index (χ4n) is 5.51. The Kier molecular flexibility index (Phi) is 7.00. The summed E-state index contributed by atoms with van der Waals surface area (Å²) in [5.74, 6) is 0.601. The number of ether oxygens (including phenoxy) is 2. The van der Waals surface area contributed by atoms with Crippen molar-refractivity contribution < 1.29 is 19.1 Å². The number of urea groups is 1. The number of cyclic esters (lactones) is 1. The molecule has 1 saturated carbocycles. The Morgan fingerprint density at radius 2 is 2.00 bits per heavy atom. The summed E-state index contributed by atoms with van der Waals surface area (Å²) >= 11 is 0. The quantitative estimate of drug-likeness (QED) is 0.746. The zero-order chi connectivity index (χ0) is 21.7. The lowest BCUT2D eigenvalue weighted by atomic mass is 9.78. The van der Waals surface area contributed by atoms with Crippen molar-refractivity contribution in [2.45, 2.75) is 75.5 Å². The van der Waals surface area contributed by atoms with Crippen LogP contribution >= 0.6 is 0 Å². The Labute approximate surface area is 184 Å². The van der Waals surface area contributed by atoms with Crippen molar-refractivity contribution in [1.82, 2.24) is 15.5 Å². The third kappa shape index (κ3) is 4.97. The number of hydrogen-bond acceptors (Lipinski definition) is 4. The lowest BCUT2D eigenvalue weighted by molar-refractivity contribution is -0.0525. The third-order valence-corrected chi connectivity index (χ3v) is 7.19. The number of hydrogen-bond donors (Lipinski definition) is 2. The summed E-state index contributed by atoms with van der Waals surface area (Å²) < 4.78 is 11.5. The molecule has 4 rings (SSSR count). The van der Waals surface area contributed by atoms with Gasteiger partial charge in [0.2, 0.25) is 0 Å². The average Bonchev–Trinajstić information content (AvgIpc) is 2.79. The molecule has 170 valence electrons. The molecule has 1 aromatic rings. The smallest absolute Gasteiger partial charge is 0.407 e. The van der Waals surface area contributed by atoms with E-state index >= 15 is 0 Å². The highest BCUT2D eigenvalue weighted by Crippen LogP contribution is 2.36. The van der Waals surface area contributed by atoms with Gasteiger partial charge in [-0.1, -0.05) is 30.3 Å². The lowest BCUT2D eigenvalue weighted by Gasteiger charge is -2.51. The number of likely N-dealkylation sites (tertiary alicyclic amines) is 1. The summed E-state index contributed by atoms with van der Waals surface area (Å²) in [6.07, 6.45) is 6.49. The van der Waals surface area contributed by atoms with E-state index in [0.717, 1.165) is 38.5 Å². The second-order valence-electron chi connectivity index (χ2n) is 9.03. The molecule has 2 heterocycles. The van der Waals surface area contributed by atoms with Gasteiger partial charge in [-0.05, 0) is 56.9 Å².